The smallest absolute Gasteiger partial charge is 0.152 e. The number of piperidine rings is 1. The summed E-state index contributed by atoms with van der Waals surface area (Å²) in [6, 6.07) is 6.62. The Morgan fingerprint density at radius 2 is 2.21 bits per heavy atom. The van der Waals surface area contributed by atoms with Crippen LogP contribution in [0, 0.1) is 5.92 Å². The Kier molecular flexibility index (Phi) is 3.19. The van der Waals surface area contributed by atoms with Crippen molar-refractivity contribution in [1.82, 2.24) is 9.38 Å². The first-order valence-corrected chi connectivity index (χ1v) is 7.15. The minimum Gasteiger partial charge on any atom is -0.352 e. The van der Waals surface area contributed by atoms with E-state index in [2.05, 4.69) is 23.1 Å². The molecule has 4 nitrogen and oxygen atoms in total. The molecule has 1 aliphatic heterocycles. The van der Waals surface area contributed by atoms with Gasteiger partial charge in [-0.15, -0.1) is 0 Å². The van der Waals surface area contributed by atoms with Gasteiger partial charge < -0.3 is 15.0 Å². The second kappa shape index (κ2) is 4.85. The van der Waals surface area contributed by atoms with Crippen LogP contribution in [0.5, 0.6) is 0 Å². The van der Waals surface area contributed by atoms with Gasteiger partial charge in [-0.25, -0.2) is 4.98 Å². The quantitative estimate of drug-likeness (QED) is 0.900. The predicted octanol–water partition coefficient (Wildman–Crippen LogP) is 2.42. The van der Waals surface area contributed by atoms with Crippen molar-refractivity contribution < 1.29 is 0 Å². The van der Waals surface area contributed by atoms with E-state index in [1.807, 2.05) is 24.4 Å². The van der Waals surface area contributed by atoms with Crippen LogP contribution in [0.2, 0.25) is 0 Å². The molecule has 3 heterocycles. The van der Waals surface area contributed by atoms with Crippen molar-refractivity contribution in [2.45, 2.75) is 39.3 Å². The van der Waals surface area contributed by atoms with Crippen LogP contribution < -0.4 is 10.6 Å². The normalized spacial score (nSPS) is 24.1. The monoisotopic (exact) mass is 258 g/mol. The van der Waals surface area contributed by atoms with E-state index in [1.165, 1.54) is 12.8 Å². The van der Waals surface area contributed by atoms with Crippen molar-refractivity contribution >= 4 is 11.5 Å². The van der Waals surface area contributed by atoms with Gasteiger partial charge in [0, 0.05) is 25.3 Å². The summed E-state index contributed by atoms with van der Waals surface area (Å²) < 4.78 is 2.11. The number of rotatable bonds is 2. The summed E-state index contributed by atoms with van der Waals surface area (Å²) in [5.41, 5.74) is 8.07. The number of anilines is 1. The van der Waals surface area contributed by atoms with Crippen LogP contribution in [0.4, 0.5) is 5.82 Å². The van der Waals surface area contributed by atoms with E-state index in [-0.39, 0.29) is 0 Å². The van der Waals surface area contributed by atoms with Crippen LogP contribution in [-0.2, 0) is 6.54 Å². The molecule has 1 aliphatic rings. The molecule has 3 rings (SSSR count). The minimum absolute atomic E-state index is 0.526. The van der Waals surface area contributed by atoms with Crippen molar-refractivity contribution in [3.05, 3.63) is 30.1 Å². The molecule has 2 unspecified atom stereocenters. The molecule has 0 radical (unpaired) electrons. The van der Waals surface area contributed by atoms with Crippen LogP contribution in [0.3, 0.4) is 0 Å². The fourth-order valence-electron chi connectivity index (χ4n) is 3.09. The van der Waals surface area contributed by atoms with E-state index in [1.54, 1.807) is 0 Å². The third kappa shape index (κ3) is 2.00. The number of pyridine rings is 1. The molecule has 0 aliphatic carbocycles. The summed E-state index contributed by atoms with van der Waals surface area (Å²) in [5, 5.41) is 0. The number of hydrogen-bond donors (Lipinski definition) is 1. The van der Waals surface area contributed by atoms with E-state index in [0.717, 1.165) is 23.7 Å². The van der Waals surface area contributed by atoms with Gasteiger partial charge in [0.2, 0.25) is 0 Å². The zero-order valence-electron chi connectivity index (χ0n) is 11.7. The van der Waals surface area contributed by atoms with E-state index in [0.29, 0.717) is 18.5 Å². The largest absolute Gasteiger partial charge is 0.352 e. The van der Waals surface area contributed by atoms with Crippen LogP contribution in [0.25, 0.3) is 5.65 Å². The van der Waals surface area contributed by atoms with Crippen molar-refractivity contribution in [2.75, 3.05) is 11.4 Å². The van der Waals surface area contributed by atoms with Gasteiger partial charge in [-0.2, -0.15) is 0 Å². The molecule has 0 spiro atoms. The Balaban J connectivity index is 2.08. The molecule has 0 bridgehead atoms. The number of nitrogens with two attached hydrogens (primary N) is 1. The Bertz CT molecular complexity index is 575. The van der Waals surface area contributed by atoms with E-state index in [9.17, 15) is 0 Å². The second-order valence-corrected chi connectivity index (χ2v) is 5.57. The van der Waals surface area contributed by atoms with Crippen LogP contribution in [0.15, 0.2) is 24.4 Å². The number of nitrogens with zero attached hydrogens (tertiary/aromatic N) is 3. The lowest BCUT2D eigenvalue weighted by atomic mass is 9.92. The summed E-state index contributed by atoms with van der Waals surface area (Å²) in [5.74, 6) is 1.79. The molecule has 19 heavy (non-hydrogen) atoms. The maximum absolute atomic E-state index is 5.96. The molecule has 2 N–H and O–H groups in total. The van der Waals surface area contributed by atoms with Gasteiger partial charge in [0.25, 0.3) is 0 Å². The molecule has 102 valence electrons. The third-order valence-electron chi connectivity index (χ3n) is 4.45. The molecular weight excluding hydrogens is 236 g/mol. The van der Waals surface area contributed by atoms with Gasteiger partial charge in [0.1, 0.15) is 5.65 Å². The highest BCUT2D eigenvalue weighted by Crippen LogP contribution is 2.30. The zero-order valence-corrected chi connectivity index (χ0v) is 11.7. The van der Waals surface area contributed by atoms with E-state index < -0.39 is 0 Å². The lowest BCUT2D eigenvalue weighted by molar-refractivity contribution is 0.361. The maximum atomic E-state index is 5.96. The lowest BCUT2D eigenvalue weighted by Gasteiger charge is -2.38. The lowest BCUT2D eigenvalue weighted by Crippen LogP contribution is -2.43. The van der Waals surface area contributed by atoms with Crippen LogP contribution >= 0.6 is 0 Å². The van der Waals surface area contributed by atoms with Crippen molar-refractivity contribution in [2.24, 2.45) is 11.7 Å². The van der Waals surface area contributed by atoms with E-state index >= 15 is 0 Å². The molecule has 2 aromatic heterocycles. The molecule has 4 heteroatoms. The average molecular weight is 258 g/mol. The van der Waals surface area contributed by atoms with Gasteiger partial charge in [-0.3, -0.25) is 0 Å². The van der Waals surface area contributed by atoms with Gasteiger partial charge in [0.05, 0.1) is 5.69 Å². The summed E-state index contributed by atoms with van der Waals surface area (Å²) in [4.78, 5) is 7.23. The molecule has 0 aromatic carbocycles. The first-order valence-electron chi connectivity index (χ1n) is 7.15. The van der Waals surface area contributed by atoms with Crippen LogP contribution in [0.1, 0.15) is 32.4 Å². The third-order valence-corrected chi connectivity index (χ3v) is 4.45. The minimum atomic E-state index is 0.526. The highest BCUT2D eigenvalue weighted by molar-refractivity contribution is 5.56. The Labute approximate surface area is 114 Å². The fraction of sp³-hybridized carbons (Fsp3) is 0.533. The van der Waals surface area contributed by atoms with E-state index in [4.69, 9.17) is 10.7 Å². The first kappa shape index (κ1) is 12.5. The molecule has 0 amide bonds. The fourth-order valence-corrected chi connectivity index (χ4v) is 3.09. The summed E-state index contributed by atoms with van der Waals surface area (Å²) in [6.45, 7) is 6.24. The SMILES string of the molecule is CC1CCCN(c2nc3ccccn3c2CN)C1C. The standard InChI is InChI=1S/C15H22N4/c1-11-6-5-9-18(12(11)2)15-13(10-16)19-8-4-3-7-14(19)17-15/h3-4,7-8,11-12H,5-6,9-10,16H2,1-2H3. The van der Waals surface area contributed by atoms with Crippen molar-refractivity contribution in [3.8, 4) is 0 Å². The Morgan fingerprint density at radius 3 is 3.00 bits per heavy atom. The van der Waals surface area contributed by atoms with Gasteiger partial charge in [0.15, 0.2) is 5.82 Å². The van der Waals surface area contributed by atoms with Crippen molar-refractivity contribution in [3.63, 3.8) is 0 Å². The maximum Gasteiger partial charge on any atom is 0.152 e. The second-order valence-electron chi connectivity index (χ2n) is 5.57. The number of hydrogen-bond acceptors (Lipinski definition) is 3. The molecule has 2 atom stereocenters. The predicted molar refractivity (Wildman–Crippen MR) is 78.3 cm³/mol. The number of imidazole rings is 1. The molecule has 1 saturated heterocycles. The number of fused-ring (bicyclic) bond motifs is 1. The summed E-state index contributed by atoms with van der Waals surface area (Å²) in [6.07, 6.45) is 4.60. The Hall–Kier alpha value is -1.55. The molecule has 1 fully saturated rings. The molecule has 0 saturated carbocycles. The summed E-state index contributed by atoms with van der Waals surface area (Å²) in [7, 11) is 0. The zero-order chi connectivity index (χ0) is 13.4. The highest BCUT2D eigenvalue weighted by Gasteiger charge is 2.28. The molecular formula is C15H22N4. The Morgan fingerprint density at radius 1 is 1.37 bits per heavy atom. The topological polar surface area (TPSA) is 46.6 Å². The van der Waals surface area contributed by atoms with Gasteiger partial charge >= 0.3 is 0 Å². The molecule has 2 aromatic rings. The summed E-state index contributed by atoms with van der Waals surface area (Å²) >= 11 is 0. The van der Waals surface area contributed by atoms with Crippen LogP contribution in [-0.4, -0.2) is 22.0 Å². The first-order chi connectivity index (χ1) is 9.22. The number of aromatic nitrogens is 2. The average Bonchev–Trinajstić information content (AvgIpc) is 2.80. The van der Waals surface area contributed by atoms with Gasteiger partial charge in [-0.05, 0) is 37.8 Å². The van der Waals surface area contributed by atoms with Crippen molar-refractivity contribution in [1.29, 1.82) is 0 Å². The van der Waals surface area contributed by atoms with Gasteiger partial charge in [-0.1, -0.05) is 13.0 Å². The highest BCUT2D eigenvalue weighted by atomic mass is 15.3.